The zero-order valence-electron chi connectivity index (χ0n) is 11.8. The maximum atomic E-state index is 5.69. The second-order valence-electron chi connectivity index (χ2n) is 4.70. The fourth-order valence-corrected chi connectivity index (χ4v) is 2.44. The zero-order chi connectivity index (χ0) is 13.5. The Hall–Kier alpha value is -0.390. The molecule has 0 unspecified atom stereocenters. The summed E-state index contributed by atoms with van der Waals surface area (Å²) in [6.07, 6.45) is 1.97. The van der Waals surface area contributed by atoms with Crippen LogP contribution in [0.15, 0.2) is 4.47 Å². The number of aromatic nitrogens is 2. The van der Waals surface area contributed by atoms with Crippen molar-refractivity contribution in [3.05, 3.63) is 15.9 Å². The molecule has 0 saturated carbocycles. The maximum Gasteiger partial charge on any atom is 0.0896 e. The van der Waals surface area contributed by atoms with Crippen LogP contribution in [0.5, 0.6) is 0 Å². The molecule has 0 aliphatic rings. The van der Waals surface area contributed by atoms with Crippen molar-refractivity contribution in [2.45, 2.75) is 46.3 Å². The van der Waals surface area contributed by atoms with Crippen molar-refractivity contribution in [2.24, 2.45) is 7.05 Å². The molecule has 1 aromatic rings. The number of nitrogens with one attached hydrogen (secondary N) is 1. The Labute approximate surface area is 118 Å². The van der Waals surface area contributed by atoms with Gasteiger partial charge in [-0.15, -0.1) is 0 Å². The average Bonchev–Trinajstić information content (AvgIpc) is 2.59. The van der Waals surface area contributed by atoms with Crippen molar-refractivity contribution in [2.75, 3.05) is 13.2 Å². The Morgan fingerprint density at radius 3 is 2.72 bits per heavy atom. The van der Waals surface area contributed by atoms with Crippen LogP contribution in [0.25, 0.3) is 0 Å². The molecule has 0 radical (unpaired) electrons. The molecule has 0 fully saturated rings. The van der Waals surface area contributed by atoms with Crippen molar-refractivity contribution in [3.8, 4) is 0 Å². The summed E-state index contributed by atoms with van der Waals surface area (Å²) in [5.74, 6) is 0. The number of halogens is 1. The number of rotatable bonds is 8. The van der Waals surface area contributed by atoms with Gasteiger partial charge in [0.05, 0.1) is 22.5 Å². The van der Waals surface area contributed by atoms with Gasteiger partial charge in [-0.05, 0) is 35.3 Å². The Morgan fingerprint density at radius 1 is 1.44 bits per heavy atom. The lowest BCUT2D eigenvalue weighted by Crippen LogP contribution is -2.24. The van der Waals surface area contributed by atoms with Gasteiger partial charge in [0.15, 0.2) is 0 Å². The van der Waals surface area contributed by atoms with Crippen LogP contribution in [0.4, 0.5) is 0 Å². The van der Waals surface area contributed by atoms with Gasteiger partial charge in [0, 0.05) is 19.7 Å². The topological polar surface area (TPSA) is 39.1 Å². The van der Waals surface area contributed by atoms with Crippen LogP contribution < -0.4 is 5.32 Å². The molecule has 0 spiro atoms. The summed E-state index contributed by atoms with van der Waals surface area (Å²) < 4.78 is 8.68. The first-order chi connectivity index (χ1) is 8.56. The average molecular weight is 318 g/mol. The fourth-order valence-electron chi connectivity index (χ4n) is 1.71. The fraction of sp³-hybridized carbons (Fsp3) is 0.769. The molecule has 0 aliphatic carbocycles. The quantitative estimate of drug-likeness (QED) is 0.749. The smallest absolute Gasteiger partial charge is 0.0896 e. The summed E-state index contributed by atoms with van der Waals surface area (Å²) in [5.41, 5.74) is 2.21. The van der Waals surface area contributed by atoms with Gasteiger partial charge in [0.1, 0.15) is 0 Å². The summed E-state index contributed by atoms with van der Waals surface area (Å²) in [6, 6.07) is 0.545. The van der Waals surface area contributed by atoms with Gasteiger partial charge in [0.2, 0.25) is 0 Å². The van der Waals surface area contributed by atoms with E-state index in [-0.39, 0.29) is 0 Å². The van der Waals surface area contributed by atoms with Crippen LogP contribution in [0, 0.1) is 0 Å². The molecule has 0 atom stereocenters. The van der Waals surface area contributed by atoms with Crippen LogP contribution >= 0.6 is 15.9 Å². The van der Waals surface area contributed by atoms with Crippen LogP contribution in [-0.2, 0) is 24.8 Å². The molecule has 1 N–H and O–H groups in total. The number of nitrogens with zero attached hydrogens (tertiary/aromatic N) is 2. The molecule has 0 amide bonds. The highest BCUT2D eigenvalue weighted by Crippen LogP contribution is 2.22. The summed E-state index contributed by atoms with van der Waals surface area (Å²) in [7, 11) is 1.96. The first kappa shape index (κ1) is 15.7. The van der Waals surface area contributed by atoms with E-state index in [2.05, 4.69) is 47.1 Å². The summed E-state index contributed by atoms with van der Waals surface area (Å²) in [5, 5.41) is 7.82. The van der Waals surface area contributed by atoms with E-state index < -0.39 is 0 Å². The predicted molar refractivity (Wildman–Crippen MR) is 77.7 cm³/mol. The first-order valence-corrected chi connectivity index (χ1v) is 7.36. The molecule has 5 heteroatoms. The first-order valence-electron chi connectivity index (χ1n) is 6.57. The van der Waals surface area contributed by atoms with Crippen LogP contribution in [0.3, 0.4) is 0 Å². The third-order valence-corrected chi connectivity index (χ3v) is 3.68. The van der Waals surface area contributed by atoms with Gasteiger partial charge in [0.25, 0.3) is 0 Å². The van der Waals surface area contributed by atoms with Gasteiger partial charge in [-0.1, -0.05) is 20.8 Å². The zero-order valence-corrected chi connectivity index (χ0v) is 13.4. The van der Waals surface area contributed by atoms with Crippen molar-refractivity contribution >= 4 is 15.9 Å². The van der Waals surface area contributed by atoms with Crippen molar-refractivity contribution in [3.63, 3.8) is 0 Å². The maximum absolute atomic E-state index is 5.69. The van der Waals surface area contributed by atoms with E-state index in [9.17, 15) is 0 Å². The Morgan fingerprint density at radius 2 is 2.17 bits per heavy atom. The van der Waals surface area contributed by atoms with E-state index >= 15 is 0 Å². The van der Waals surface area contributed by atoms with Crippen molar-refractivity contribution in [1.82, 2.24) is 15.1 Å². The molecule has 18 heavy (non-hydrogen) atoms. The molecule has 4 nitrogen and oxygen atoms in total. The Kier molecular flexibility index (Phi) is 6.89. The molecule has 1 aromatic heterocycles. The highest BCUT2D eigenvalue weighted by molar-refractivity contribution is 9.10. The van der Waals surface area contributed by atoms with E-state index in [0.717, 1.165) is 41.9 Å². The third kappa shape index (κ3) is 4.71. The molecule has 1 heterocycles. The lowest BCUT2D eigenvalue weighted by molar-refractivity contribution is 0.112. The third-order valence-electron chi connectivity index (χ3n) is 2.76. The molecule has 1 rings (SSSR count). The monoisotopic (exact) mass is 317 g/mol. The highest BCUT2D eigenvalue weighted by atomic mass is 79.9. The van der Waals surface area contributed by atoms with E-state index in [1.807, 2.05) is 11.7 Å². The minimum absolute atomic E-state index is 0.545. The summed E-state index contributed by atoms with van der Waals surface area (Å²) >= 11 is 3.59. The molecule has 0 aromatic carbocycles. The molecule has 0 saturated heterocycles. The number of hydrogen-bond donors (Lipinski definition) is 1. The number of aryl methyl sites for hydroxylation is 2. The Balaban J connectivity index is 2.29. The molecular formula is C13H24BrN3O. The minimum Gasteiger partial charge on any atom is -0.375 e. The van der Waals surface area contributed by atoms with Gasteiger partial charge in [-0.25, -0.2) is 0 Å². The van der Waals surface area contributed by atoms with E-state index in [0.29, 0.717) is 12.6 Å². The Bertz CT molecular complexity index is 363. The van der Waals surface area contributed by atoms with Crippen LogP contribution in [0.2, 0.25) is 0 Å². The van der Waals surface area contributed by atoms with Crippen molar-refractivity contribution < 1.29 is 4.74 Å². The minimum atomic E-state index is 0.545. The van der Waals surface area contributed by atoms with Gasteiger partial charge in [-0.3, -0.25) is 4.68 Å². The van der Waals surface area contributed by atoms with Gasteiger partial charge >= 0.3 is 0 Å². The van der Waals surface area contributed by atoms with Gasteiger partial charge in [-0.2, -0.15) is 5.10 Å². The second-order valence-corrected chi connectivity index (χ2v) is 5.49. The highest BCUT2D eigenvalue weighted by Gasteiger charge is 2.11. The number of hydrogen-bond acceptors (Lipinski definition) is 3. The largest absolute Gasteiger partial charge is 0.375 e. The van der Waals surface area contributed by atoms with E-state index in [4.69, 9.17) is 4.74 Å². The van der Waals surface area contributed by atoms with Crippen LogP contribution in [-0.4, -0.2) is 29.0 Å². The SMILES string of the molecule is CCc1nn(C)c(COCCCNC(C)C)c1Br. The van der Waals surface area contributed by atoms with E-state index in [1.54, 1.807) is 0 Å². The summed E-state index contributed by atoms with van der Waals surface area (Å²) in [6.45, 7) is 8.81. The lowest BCUT2D eigenvalue weighted by Gasteiger charge is -2.08. The number of ether oxygens (including phenoxy) is 1. The molecule has 0 aliphatic heterocycles. The molecular weight excluding hydrogens is 294 g/mol. The van der Waals surface area contributed by atoms with E-state index in [1.165, 1.54) is 0 Å². The normalized spacial score (nSPS) is 11.4. The lowest BCUT2D eigenvalue weighted by atomic mass is 10.3. The van der Waals surface area contributed by atoms with Gasteiger partial charge < -0.3 is 10.1 Å². The molecule has 104 valence electrons. The van der Waals surface area contributed by atoms with Crippen molar-refractivity contribution in [1.29, 1.82) is 0 Å². The predicted octanol–water partition coefficient (Wildman–Crippen LogP) is 2.65. The van der Waals surface area contributed by atoms with Crippen LogP contribution in [0.1, 0.15) is 38.6 Å². The molecule has 0 bridgehead atoms. The summed E-state index contributed by atoms with van der Waals surface area (Å²) in [4.78, 5) is 0. The second kappa shape index (κ2) is 7.92. The standard InChI is InChI=1S/C13H24BrN3O/c1-5-11-13(14)12(17(4)16-11)9-18-8-6-7-15-10(2)3/h10,15H,5-9H2,1-4H3.